The second-order valence-electron chi connectivity index (χ2n) is 2.85. The quantitative estimate of drug-likeness (QED) is 0.867. The molecule has 1 aromatic rings. The lowest BCUT2D eigenvalue weighted by atomic mass is 10.3. The Bertz CT molecular complexity index is 358. The Morgan fingerprint density at radius 1 is 1.64 bits per heavy atom. The minimum Gasteiger partial charge on any atom is -0.298 e. The van der Waals surface area contributed by atoms with Gasteiger partial charge in [-0.15, -0.1) is 6.42 Å². The van der Waals surface area contributed by atoms with E-state index in [9.17, 15) is 0 Å². The topological polar surface area (TPSA) is 24.9 Å². The second-order valence-corrected chi connectivity index (χ2v) is 4.62. The van der Waals surface area contributed by atoms with Gasteiger partial charge < -0.3 is 0 Å². The summed E-state index contributed by atoms with van der Waals surface area (Å²) in [5, 5.41) is 3.16. The van der Waals surface area contributed by atoms with E-state index in [-0.39, 0.29) is 6.04 Å². The fourth-order valence-corrected chi connectivity index (χ4v) is 2.01. The molecule has 0 saturated carbocycles. The Morgan fingerprint density at radius 2 is 2.36 bits per heavy atom. The molecule has 1 unspecified atom stereocenters. The molecule has 0 aliphatic rings. The molecule has 0 amide bonds. The molecule has 2 nitrogen and oxygen atoms in total. The molecule has 1 rings (SSSR count). The lowest BCUT2D eigenvalue weighted by molar-refractivity contribution is 0.635. The summed E-state index contributed by atoms with van der Waals surface area (Å²) < 4.78 is 1.93. The van der Waals surface area contributed by atoms with Crippen LogP contribution in [0.1, 0.15) is 12.6 Å². The predicted octanol–water partition coefficient (Wildman–Crippen LogP) is 2.72. The van der Waals surface area contributed by atoms with E-state index in [1.54, 1.807) is 6.20 Å². The molecule has 0 aliphatic carbocycles. The third-order valence-electron chi connectivity index (χ3n) is 1.71. The summed E-state index contributed by atoms with van der Waals surface area (Å²) in [5.74, 6) is 2.60. The van der Waals surface area contributed by atoms with Crippen molar-refractivity contribution in [2.45, 2.75) is 19.5 Å². The van der Waals surface area contributed by atoms with E-state index >= 15 is 0 Å². The van der Waals surface area contributed by atoms with Crippen molar-refractivity contribution in [2.24, 2.45) is 0 Å². The molecule has 0 spiro atoms. The number of pyridine rings is 1. The summed E-state index contributed by atoms with van der Waals surface area (Å²) in [4.78, 5) is 4.26. The smallest absolute Gasteiger partial charge is 0.0684 e. The average Bonchev–Trinajstić information content (AvgIpc) is 2.16. The van der Waals surface area contributed by atoms with E-state index in [2.05, 4.69) is 48.1 Å². The highest BCUT2D eigenvalue weighted by atomic mass is 79.9. The van der Waals surface area contributed by atoms with Gasteiger partial charge in [0.1, 0.15) is 0 Å². The molecule has 0 aliphatic heterocycles. The van der Waals surface area contributed by atoms with Crippen molar-refractivity contribution >= 4 is 31.9 Å². The molecule has 1 N–H and O–H groups in total. The Kier molecular flexibility index (Phi) is 4.59. The molecule has 0 fully saturated rings. The molecule has 0 radical (unpaired) electrons. The van der Waals surface area contributed by atoms with E-state index in [0.717, 1.165) is 14.6 Å². The molecule has 0 saturated heterocycles. The lowest BCUT2D eigenvalue weighted by Gasteiger charge is -2.08. The number of aromatic nitrogens is 1. The van der Waals surface area contributed by atoms with Gasteiger partial charge in [-0.1, -0.05) is 5.92 Å². The number of nitrogens with one attached hydrogen (secondary N) is 1. The Balaban J connectivity index is 2.64. The fraction of sp³-hybridized carbons (Fsp3) is 0.300. The van der Waals surface area contributed by atoms with Crippen LogP contribution >= 0.6 is 31.9 Å². The van der Waals surface area contributed by atoms with Crippen molar-refractivity contribution in [1.29, 1.82) is 0 Å². The summed E-state index contributed by atoms with van der Waals surface area (Å²) in [6.07, 6.45) is 7.01. The highest BCUT2D eigenvalue weighted by molar-refractivity contribution is 9.11. The molecular formula is C10H10Br2N2. The lowest BCUT2D eigenvalue weighted by Crippen LogP contribution is -2.24. The normalized spacial score (nSPS) is 12.1. The predicted molar refractivity (Wildman–Crippen MR) is 64.8 cm³/mol. The fourth-order valence-electron chi connectivity index (χ4n) is 0.882. The van der Waals surface area contributed by atoms with Crippen molar-refractivity contribution in [3.05, 3.63) is 26.9 Å². The van der Waals surface area contributed by atoms with E-state index in [1.807, 2.05) is 13.0 Å². The van der Waals surface area contributed by atoms with Crippen LogP contribution in [0.5, 0.6) is 0 Å². The molecule has 1 aromatic heterocycles. The first kappa shape index (κ1) is 11.7. The Hall–Kier alpha value is -0.370. The van der Waals surface area contributed by atoms with Crippen LogP contribution in [-0.4, -0.2) is 11.0 Å². The van der Waals surface area contributed by atoms with Crippen molar-refractivity contribution in [2.75, 3.05) is 0 Å². The van der Waals surface area contributed by atoms with Gasteiger partial charge in [-0.3, -0.25) is 10.3 Å². The van der Waals surface area contributed by atoms with Crippen LogP contribution in [0.15, 0.2) is 21.2 Å². The van der Waals surface area contributed by atoms with Gasteiger partial charge in [0, 0.05) is 21.7 Å². The number of terminal acetylenes is 1. The maximum atomic E-state index is 5.25. The molecule has 0 aromatic carbocycles. The summed E-state index contributed by atoms with van der Waals surface area (Å²) in [5.41, 5.74) is 0.954. The maximum absolute atomic E-state index is 5.25. The van der Waals surface area contributed by atoms with Gasteiger partial charge in [-0.25, -0.2) is 0 Å². The molecule has 1 atom stereocenters. The van der Waals surface area contributed by atoms with Crippen molar-refractivity contribution in [3.63, 3.8) is 0 Å². The maximum Gasteiger partial charge on any atom is 0.0684 e. The number of halogens is 2. The third kappa shape index (κ3) is 3.41. The largest absolute Gasteiger partial charge is 0.298 e. The minimum absolute atomic E-state index is 0.0624. The zero-order valence-corrected chi connectivity index (χ0v) is 10.9. The monoisotopic (exact) mass is 316 g/mol. The third-order valence-corrected chi connectivity index (χ3v) is 2.83. The Morgan fingerprint density at radius 3 is 2.93 bits per heavy atom. The van der Waals surface area contributed by atoms with Crippen molar-refractivity contribution in [3.8, 4) is 12.3 Å². The van der Waals surface area contributed by atoms with E-state index < -0.39 is 0 Å². The van der Waals surface area contributed by atoms with Crippen LogP contribution < -0.4 is 5.32 Å². The van der Waals surface area contributed by atoms with Gasteiger partial charge in [0.05, 0.1) is 11.7 Å². The van der Waals surface area contributed by atoms with Crippen LogP contribution in [0.25, 0.3) is 0 Å². The van der Waals surface area contributed by atoms with Crippen LogP contribution in [0.2, 0.25) is 0 Å². The first-order valence-electron chi connectivity index (χ1n) is 4.13. The molecule has 74 valence electrons. The molecule has 1 heterocycles. The summed E-state index contributed by atoms with van der Waals surface area (Å²) in [6.45, 7) is 2.60. The minimum atomic E-state index is 0.0624. The first-order chi connectivity index (χ1) is 6.63. The summed E-state index contributed by atoms with van der Waals surface area (Å²) in [7, 11) is 0. The summed E-state index contributed by atoms with van der Waals surface area (Å²) >= 11 is 6.78. The highest BCUT2D eigenvalue weighted by Crippen LogP contribution is 2.19. The first-order valence-corrected chi connectivity index (χ1v) is 5.71. The van der Waals surface area contributed by atoms with E-state index in [4.69, 9.17) is 6.42 Å². The van der Waals surface area contributed by atoms with Gasteiger partial charge in [0.2, 0.25) is 0 Å². The van der Waals surface area contributed by atoms with Gasteiger partial charge in [0.25, 0.3) is 0 Å². The van der Waals surface area contributed by atoms with Crippen molar-refractivity contribution in [1.82, 2.24) is 10.3 Å². The molecular weight excluding hydrogens is 308 g/mol. The number of hydrogen-bond acceptors (Lipinski definition) is 2. The SMILES string of the molecule is C#CC(C)NCc1ncc(Br)cc1Br. The second kappa shape index (κ2) is 5.50. The van der Waals surface area contributed by atoms with Gasteiger partial charge in [0.15, 0.2) is 0 Å². The molecule has 0 bridgehead atoms. The summed E-state index contributed by atoms with van der Waals surface area (Å²) in [6, 6.07) is 2.03. The average molecular weight is 318 g/mol. The van der Waals surface area contributed by atoms with Crippen LogP contribution in [0, 0.1) is 12.3 Å². The number of hydrogen-bond donors (Lipinski definition) is 1. The van der Waals surface area contributed by atoms with Crippen LogP contribution in [0.3, 0.4) is 0 Å². The standard InChI is InChI=1S/C10H10Br2N2/c1-3-7(2)13-6-10-9(12)4-8(11)5-14-10/h1,4-5,7,13H,6H2,2H3. The van der Waals surface area contributed by atoms with E-state index in [0.29, 0.717) is 6.54 Å². The van der Waals surface area contributed by atoms with Crippen molar-refractivity contribution < 1.29 is 0 Å². The Labute approximate surface area is 101 Å². The number of rotatable bonds is 3. The zero-order valence-electron chi connectivity index (χ0n) is 7.72. The molecule has 4 heteroatoms. The van der Waals surface area contributed by atoms with Gasteiger partial charge in [-0.05, 0) is 44.8 Å². The van der Waals surface area contributed by atoms with E-state index in [1.165, 1.54) is 0 Å². The van der Waals surface area contributed by atoms with Gasteiger partial charge >= 0.3 is 0 Å². The zero-order chi connectivity index (χ0) is 10.6. The van der Waals surface area contributed by atoms with Crippen LogP contribution in [0.4, 0.5) is 0 Å². The number of nitrogens with zero attached hydrogens (tertiary/aromatic N) is 1. The van der Waals surface area contributed by atoms with Crippen LogP contribution in [-0.2, 0) is 6.54 Å². The highest BCUT2D eigenvalue weighted by Gasteiger charge is 2.03. The molecule has 14 heavy (non-hydrogen) atoms. The van der Waals surface area contributed by atoms with Gasteiger partial charge in [-0.2, -0.15) is 0 Å².